The third-order valence-electron chi connectivity index (χ3n) is 2.41. The monoisotopic (exact) mass is 149 g/mol. The number of allylic oxidation sites excluding steroid dienone is 4. The van der Waals surface area contributed by atoms with E-state index in [0.29, 0.717) is 5.92 Å². The van der Waals surface area contributed by atoms with Crippen molar-refractivity contribution in [1.29, 1.82) is 0 Å². The molecule has 2 aliphatic rings. The minimum atomic E-state index is 0.116. The van der Waals surface area contributed by atoms with Crippen LogP contribution in [0.25, 0.3) is 0 Å². The Balaban J connectivity index is 2.24. The minimum Gasteiger partial charge on any atom is -0.388 e. The van der Waals surface area contributed by atoms with Gasteiger partial charge < -0.3 is 10.1 Å². The van der Waals surface area contributed by atoms with Gasteiger partial charge in [-0.2, -0.15) is 0 Å². The molecule has 58 valence electrons. The molecule has 0 spiro atoms. The van der Waals surface area contributed by atoms with E-state index in [0.717, 1.165) is 19.3 Å². The molecule has 11 heavy (non-hydrogen) atoms. The van der Waals surface area contributed by atoms with Crippen molar-refractivity contribution in [2.45, 2.75) is 6.42 Å². The Bertz CT molecular complexity index is 230. The van der Waals surface area contributed by atoms with E-state index in [9.17, 15) is 4.79 Å². The topological polar surface area (TPSA) is 29.1 Å². The van der Waals surface area contributed by atoms with Crippen molar-refractivity contribution in [3.8, 4) is 0 Å². The highest BCUT2D eigenvalue weighted by Crippen LogP contribution is 2.29. The number of rotatable bonds is 1. The highest BCUT2D eigenvalue weighted by atomic mass is 16.1. The van der Waals surface area contributed by atoms with Crippen LogP contribution >= 0.6 is 0 Å². The van der Waals surface area contributed by atoms with Crippen molar-refractivity contribution in [1.82, 2.24) is 5.32 Å². The van der Waals surface area contributed by atoms with Gasteiger partial charge in [-0.1, -0.05) is 12.2 Å². The summed E-state index contributed by atoms with van der Waals surface area (Å²) in [6.07, 6.45) is 8.15. The van der Waals surface area contributed by atoms with Crippen LogP contribution in [0.15, 0.2) is 23.9 Å². The van der Waals surface area contributed by atoms with E-state index in [1.165, 1.54) is 5.70 Å². The van der Waals surface area contributed by atoms with Crippen molar-refractivity contribution in [3.05, 3.63) is 23.9 Å². The largest absolute Gasteiger partial charge is 0.388 e. The summed E-state index contributed by atoms with van der Waals surface area (Å²) in [4.78, 5) is 10.6. The number of nitrogens with one attached hydrogen (secondary N) is 1. The maximum absolute atomic E-state index is 10.6. The van der Waals surface area contributed by atoms with Gasteiger partial charge >= 0.3 is 0 Å². The smallest absolute Gasteiger partial charge is 0.127 e. The first-order valence-electron chi connectivity index (χ1n) is 3.99. The normalized spacial score (nSPS) is 34.0. The molecule has 0 aromatic rings. The quantitative estimate of drug-likeness (QED) is 0.560. The third kappa shape index (κ3) is 0.985. The predicted octanol–water partition coefficient (Wildman–Crippen LogP) is 0.865. The van der Waals surface area contributed by atoms with Crippen LogP contribution in [0.2, 0.25) is 0 Å². The standard InChI is InChI=1S/C9H11NO/c11-6-7-2-1-3-9-8(7)4-5-10-9/h1-3,6-8,10H,4-5H2. The highest BCUT2D eigenvalue weighted by Gasteiger charge is 2.28. The molecule has 0 bridgehead atoms. The first kappa shape index (κ1) is 6.65. The van der Waals surface area contributed by atoms with Gasteiger partial charge in [0.15, 0.2) is 0 Å². The van der Waals surface area contributed by atoms with Gasteiger partial charge in [0.05, 0.1) is 0 Å². The zero-order chi connectivity index (χ0) is 7.68. The zero-order valence-electron chi connectivity index (χ0n) is 6.29. The van der Waals surface area contributed by atoms with Crippen molar-refractivity contribution < 1.29 is 4.79 Å². The fraction of sp³-hybridized carbons (Fsp3) is 0.444. The summed E-state index contributed by atoms with van der Waals surface area (Å²) < 4.78 is 0. The summed E-state index contributed by atoms with van der Waals surface area (Å²) in [5, 5.41) is 3.27. The van der Waals surface area contributed by atoms with E-state index in [-0.39, 0.29) is 5.92 Å². The van der Waals surface area contributed by atoms with E-state index >= 15 is 0 Å². The molecule has 2 heteroatoms. The maximum Gasteiger partial charge on any atom is 0.127 e. The summed E-state index contributed by atoms with van der Waals surface area (Å²) in [6, 6.07) is 0. The van der Waals surface area contributed by atoms with E-state index in [2.05, 4.69) is 11.4 Å². The van der Waals surface area contributed by atoms with E-state index in [1.807, 2.05) is 12.2 Å². The van der Waals surface area contributed by atoms with Crippen LogP contribution in [-0.2, 0) is 4.79 Å². The van der Waals surface area contributed by atoms with Gasteiger partial charge in [-0.05, 0) is 12.5 Å². The lowest BCUT2D eigenvalue weighted by atomic mass is 9.87. The molecule has 1 saturated heterocycles. The third-order valence-corrected chi connectivity index (χ3v) is 2.41. The van der Waals surface area contributed by atoms with E-state index < -0.39 is 0 Å². The van der Waals surface area contributed by atoms with E-state index in [1.54, 1.807) is 0 Å². The molecule has 0 aromatic carbocycles. The first-order chi connectivity index (χ1) is 5.42. The lowest BCUT2D eigenvalue weighted by molar-refractivity contribution is -0.110. The first-order valence-corrected chi connectivity index (χ1v) is 3.99. The van der Waals surface area contributed by atoms with Crippen molar-refractivity contribution in [3.63, 3.8) is 0 Å². The average Bonchev–Trinajstić information content (AvgIpc) is 2.50. The van der Waals surface area contributed by atoms with Gasteiger partial charge in [0.1, 0.15) is 6.29 Å². The van der Waals surface area contributed by atoms with Gasteiger partial charge in [0, 0.05) is 24.1 Å². The van der Waals surface area contributed by atoms with Crippen LogP contribution in [0.3, 0.4) is 0 Å². The SMILES string of the molecule is O=CC1C=CC=C2NCCC21. The zero-order valence-corrected chi connectivity index (χ0v) is 6.29. The van der Waals surface area contributed by atoms with Crippen molar-refractivity contribution in [2.24, 2.45) is 11.8 Å². The number of aldehydes is 1. The molecule has 0 saturated carbocycles. The van der Waals surface area contributed by atoms with Crippen LogP contribution in [0.4, 0.5) is 0 Å². The number of hydrogen-bond acceptors (Lipinski definition) is 2. The molecule has 1 heterocycles. The molecule has 0 aromatic heterocycles. The Morgan fingerprint density at radius 2 is 2.55 bits per heavy atom. The summed E-state index contributed by atoms with van der Waals surface area (Å²) in [5.74, 6) is 0.558. The number of hydrogen-bond donors (Lipinski definition) is 1. The molecule has 1 aliphatic heterocycles. The van der Waals surface area contributed by atoms with Gasteiger partial charge in [-0.15, -0.1) is 0 Å². The molecular weight excluding hydrogens is 138 g/mol. The second kappa shape index (κ2) is 2.53. The van der Waals surface area contributed by atoms with Crippen LogP contribution in [0.1, 0.15) is 6.42 Å². The number of fused-ring (bicyclic) bond motifs is 1. The second-order valence-corrected chi connectivity index (χ2v) is 3.04. The van der Waals surface area contributed by atoms with Crippen LogP contribution < -0.4 is 5.32 Å². The average molecular weight is 149 g/mol. The Kier molecular flexibility index (Phi) is 1.53. The highest BCUT2D eigenvalue weighted by molar-refractivity contribution is 5.59. The Hall–Kier alpha value is -1.05. The number of carbonyl (C=O) groups excluding carboxylic acids is 1. The fourth-order valence-corrected chi connectivity index (χ4v) is 1.80. The molecule has 2 rings (SSSR count). The second-order valence-electron chi connectivity index (χ2n) is 3.04. The van der Waals surface area contributed by atoms with Crippen molar-refractivity contribution >= 4 is 6.29 Å². The molecule has 2 unspecified atom stereocenters. The van der Waals surface area contributed by atoms with Gasteiger partial charge in [-0.3, -0.25) is 0 Å². The van der Waals surface area contributed by atoms with Crippen LogP contribution in [-0.4, -0.2) is 12.8 Å². The lowest BCUT2D eigenvalue weighted by Crippen LogP contribution is -2.17. The molecule has 1 N–H and O–H groups in total. The molecule has 1 aliphatic carbocycles. The Morgan fingerprint density at radius 1 is 1.64 bits per heavy atom. The van der Waals surface area contributed by atoms with Crippen LogP contribution in [0, 0.1) is 11.8 Å². The van der Waals surface area contributed by atoms with E-state index in [4.69, 9.17) is 0 Å². The summed E-state index contributed by atoms with van der Waals surface area (Å²) >= 11 is 0. The minimum absolute atomic E-state index is 0.116. The molecule has 0 amide bonds. The van der Waals surface area contributed by atoms with Gasteiger partial charge in [-0.25, -0.2) is 0 Å². The Labute approximate surface area is 66.0 Å². The Morgan fingerprint density at radius 3 is 3.36 bits per heavy atom. The lowest BCUT2D eigenvalue weighted by Gasteiger charge is -2.17. The number of carbonyl (C=O) groups is 1. The summed E-state index contributed by atoms with van der Waals surface area (Å²) in [7, 11) is 0. The summed E-state index contributed by atoms with van der Waals surface area (Å²) in [6.45, 7) is 1.02. The molecule has 1 fully saturated rings. The molecular formula is C9H11NO. The van der Waals surface area contributed by atoms with Gasteiger partial charge in [0.2, 0.25) is 0 Å². The van der Waals surface area contributed by atoms with Gasteiger partial charge in [0.25, 0.3) is 0 Å². The molecule has 2 atom stereocenters. The molecule has 2 nitrogen and oxygen atoms in total. The van der Waals surface area contributed by atoms with Crippen LogP contribution in [0.5, 0.6) is 0 Å². The molecule has 0 radical (unpaired) electrons. The predicted molar refractivity (Wildman–Crippen MR) is 42.9 cm³/mol. The summed E-state index contributed by atoms with van der Waals surface area (Å²) in [5.41, 5.74) is 1.24. The fourth-order valence-electron chi connectivity index (χ4n) is 1.80. The van der Waals surface area contributed by atoms with Crippen molar-refractivity contribution in [2.75, 3.05) is 6.54 Å². The maximum atomic E-state index is 10.6.